The average molecular weight is 553 g/mol. The molecule has 1 aromatic rings. The molecule has 0 saturated carbocycles. The number of aliphatic hydroxyl groups excluding tert-OH is 2. The number of epoxide rings is 2. The van der Waals surface area contributed by atoms with Gasteiger partial charge in [-0.1, -0.05) is 27.2 Å². The molecule has 10 heteroatoms. The number of carbonyl (C=O) groups is 2. The quantitative estimate of drug-likeness (QED) is 0.486. The van der Waals surface area contributed by atoms with E-state index >= 15 is 4.39 Å². The summed E-state index contributed by atoms with van der Waals surface area (Å²) in [6, 6.07) is -0.948. The normalized spacial score (nSPS) is 38.8. The number of thiazole rings is 1. The molecule has 8 unspecified atom stereocenters. The maximum Gasteiger partial charge on any atom is 0.223 e. The maximum absolute atomic E-state index is 15.5. The topological polar surface area (TPSA) is 125 Å². The molecule has 4 rings (SSSR count). The molecule has 4 heterocycles. The van der Waals surface area contributed by atoms with E-state index in [-0.39, 0.29) is 36.8 Å². The number of ketones is 1. The SMILES string of the molecule is Cc1nc(C=C(F)C2CC3OC3(C)CCCC(C)C(O)C(CC3CO3)C(=O)C(C)(C)C(O)CC(=O)N2)cs1. The minimum atomic E-state index is -1.32. The molecule has 3 N–H and O–H groups in total. The summed E-state index contributed by atoms with van der Waals surface area (Å²) in [7, 11) is 0. The van der Waals surface area contributed by atoms with E-state index in [2.05, 4.69) is 10.3 Å². The van der Waals surface area contributed by atoms with Crippen molar-refractivity contribution in [1.82, 2.24) is 10.3 Å². The van der Waals surface area contributed by atoms with E-state index < -0.39 is 46.9 Å². The molecule has 8 nitrogen and oxygen atoms in total. The number of rotatable bonds is 4. The molecule has 0 aromatic carbocycles. The van der Waals surface area contributed by atoms with Crippen LogP contribution in [-0.2, 0) is 19.1 Å². The minimum Gasteiger partial charge on any atom is -0.392 e. The summed E-state index contributed by atoms with van der Waals surface area (Å²) in [6.07, 6.45) is 1.24. The Morgan fingerprint density at radius 2 is 2.03 bits per heavy atom. The maximum atomic E-state index is 15.5. The zero-order valence-corrected chi connectivity index (χ0v) is 23.7. The number of nitrogens with zero attached hydrogens (tertiary/aromatic N) is 1. The Bertz CT molecular complexity index is 1060. The number of ether oxygens (including phenoxy) is 2. The van der Waals surface area contributed by atoms with Gasteiger partial charge in [-0.25, -0.2) is 9.37 Å². The summed E-state index contributed by atoms with van der Waals surface area (Å²) in [4.78, 5) is 31.0. The number of halogens is 1. The predicted octanol–water partition coefficient (Wildman–Crippen LogP) is 3.73. The van der Waals surface area contributed by atoms with Gasteiger partial charge in [0.15, 0.2) is 0 Å². The molecule has 3 fully saturated rings. The number of aryl methyl sites for hydroxylation is 1. The lowest BCUT2D eigenvalue weighted by Gasteiger charge is -2.36. The van der Waals surface area contributed by atoms with Crippen molar-refractivity contribution in [2.24, 2.45) is 17.3 Å². The van der Waals surface area contributed by atoms with Crippen LogP contribution in [0, 0.1) is 24.2 Å². The van der Waals surface area contributed by atoms with Gasteiger partial charge in [0.25, 0.3) is 0 Å². The Morgan fingerprint density at radius 3 is 2.66 bits per heavy atom. The lowest BCUT2D eigenvalue weighted by Crippen LogP contribution is -2.48. The van der Waals surface area contributed by atoms with Crippen molar-refractivity contribution in [1.29, 1.82) is 0 Å². The highest BCUT2D eigenvalue weighted by Gasteiger charge is 2.53. The molecule has 212 valence electrons. The molecule has 1 amide bonds. The van der Waals surface area contributed by atoms with Crippen molar-refractivity contribution < 1.29 is 33.7 Å². The third kappa shape index (κ3) is 6.88. The zero-order chi connectivity index (χ0) is 27.8. The fourth-order valence-electron chi connectivity index (χ4n) is 5.51. The molecule has 3 aliphatic heterocycles. The van der Waals surface area contributed by atoms with Crippen LogP contribution in [0.3, 0.4) is 0 Å². The fraction of sp³-hybridized carbons (Fsp3) is 0.750. The first-order valence-electron chi connectivity index (χ1n) is 13.6. The molecule has 3 saturated heterocycles. The lowest BCUT2D eigenvalue weighted by atomic mass is 9.71. The lowest BCUT2D eigenvalue weighted by molar-refractivity contribution is -0.144. The largest absolute Gasteiger partial charge is 0.392 e. The molecule has 38 heavy (non-hydrogen) atoms. The highest BCUT2D eigenvalue weighted by molar-refractivity contribution is 7.09. The minimum absolute atomic E-state index is 0.0794. The first-order chi connectivity index (χ1) is 17.8. The number of hydrogen-bond donors (Lipinski definition) is 3. The van der Waals surface area contributed by atoms with Gasteiger partial charge in [0.05, 0.1) is 65.2 Å². The van der Waals surface area contributed by atoms with Crippen LogP contribution in [0.25, 0.3) is 6.08 Å². The van der Waals surface area contributed by atoms with E-state index in [1.165, 1.54) is 17.4 Å². The van der Waals surface area contributed by atoms with E-state index in [4.69, 9.17) is 9.47 Å². The van der Waals surface area contributed by atoms with Gasteiger partial charge >= 0.3 is 0 Å². The second-order valence-electron chi connectivity index (χ2n) is 12.1. The van der Waals surface area contributed by atoms with Crippen molar-refractivity contribution in [3.05, 3.63) is 21.9 Å². The number of nitrogens with one attached hydrogen (secondary N) is 1. The number of aliphatic hydroxyl groups is 2. The third-order valence-electron chi connectivity index (χ3n) is 8.51. The summed E-state index contributed by atoms with van der Waals surface area (Å²) in [5.41, 5.74) is -1.26. The van der Waals surface area contributed by atoms with Crippen LogP contribution in [0.2, 0.25) is 0 Å². The number of fused-ring (bicyclic) bond motifs is 1. The van der Waals surface area contributed by atoms with Crippen molar-refractivity contribution in [2.45, 2.75) is 109 Å². The molecule has 0 aliphatic carbocycles. The molecular formula is C28H41FN2O6S. The van der Waals surface area contributed by atoms with Crippen molar-refractivity contribution >= 4 is 29.1 Å². The Labute approximate surface area is 228 Å². The Kier molecular flexibility index (Phi) is 8.79. The third-order valence-corrected chi connectivity index (χ3v) is 9.30. The van der Waals surface area contributed by atoms with Gasteiger partial charge in [-0.3, -0.25) is 9.59 Å². The van der Waals surface area contributed by atoms with Gasteiger partial charge < -0.3 is 25.0 Å². The summed E-state index contributed by atoms with van der Waals surface area (Å²) in [5.74, 6) is -2.25. The van der Waals surface area contributed by atoms with Crippen molar-refractivity contribution in [2.75, 3.05) is 6.61 Å². The Morgan fingerprint density at radius 1 is 1.32 bits per heavy atom. The first-order valence-corrected chi connectivity index (χ1v) is 14.5. The molecule has 1 aromatic heterocycles. The van der Waals surface area contributed by atoms with Gasteiger partial charge in [0.1, 0.15) is 11.6 Å². The molecule has 8 atom stereocenters. The van der Waals surface area contributed by atoms with E-state index in [9.17, 15) is 19.8 Å². The van der Waals surface area contributed by atoms with Crippen LogP contribution >= 0.6 is 11.3 Å². The summed E-state index contributed by atoms with van der Waals surface area (Å²) < 4.78 is 26.8. The number of Topliss-reactive ketones (excluding diaryl/α,β-unsaturated/α-hetero) is 1. The number of amides is 1. The van der Waals surface area contributed by atoms with Gasteiger partial charge in [-0.2, -0.15) is 0 Å². The van der Waals surface area contributed by atoms with E-state index in [0.29, 0.717) is 25.1 Å². The molecule has 0 bridgehead atoms. The standard InChI is InChI=1S/C28H41FN2O6S/c1-15-7-6-8-28(5)23(37-28)11-21(20(29)9-17-14-38-16(2)30-17)31-24(33)12-22(32)27(3,4)26(35)19(25(15)34)10-18-13-36-18/h9,14-15,18-19,21-23,25,32,34H,6-8,10-13H2,1-5H3,(H,31,33). The number of hydrogen-bond acceptors (Lipinski definition) is 8. The fourth-order valence-corrected chi connectivity index (χ4v) is 6.08. The van der Waals surface area contributed by atoms with Gasteiger partial charge in [-0.15, -0.1) is 11.3 Å². The molecule has 0 radical (unpaired) electrons. The van der Waals surface area contributed by atoms with E-state index in [1.807, 2.05) is 20.8 Å². The predicted molar refractivity (Wildman–Crippen MR) is 142 cm³/mol. The summed E-state index contributed by atoms with van der Waals surface area (Å²) in [5, 5.41) is 27.5. The van der Waals surface area contributed by atoms with Crippen molar-refractivity contribution in [3.63, 3.8) is 0 Å². The van der Waals surface area contributed by atoms with Crippen LogP contribution in [0.15, 0.2) is 11.2 Å². The van der Waals surface area contributed by atoms with Crippen LogP contribution in [0.5, 0.6) is 0 Å². The van der Waals surface area contributed by atoms with Crippen LogP contribution in [0.4, 0.5) is 4.39 Å². The van der Waals surface area contributed by atoms with Crippen LogP contribution in [-0.4, -0.2) is 69.6 Å². The second-order valence-corrected chi connectivity index (χ2v) is 13.1. The summed E-state index contributed by atoms with van der Waals surface area (Å²) >= 11 is 1.41. The highest BCUT2D eigenvalue weighted by Crippen LogP contribution is 2.45. The van der Waals surface area contributed by atoms with E-state index in [0.717, 1.165) is 17.8 Å². The van der Waals surface area contributed by atoms with Crippen LogP contribution in [0.1, 0.15) is 76.9 Å². The average Bonchev–Trinajstić information content (AvgIpc) is 3.74. The monoisotopic (exact) mass is 552 g/mol. The number of aromatic nitrogens is 1. The van der Waals surface area contributed by atoms with Gasteiger partial charge in [0, 0.05) is 17.7 Å². The smallest absolute Gasteiger partial charge is 0.223 e. The van der Waals surface area contributed by atoms with Gasteiger partial charge in [-0.05, 0) is 45.1 Å². The highest BCUT2D eigenvalue weighted by atomic mass is 32.1. The van der Waals surface area contributed by atoms with Crippen LogP contribution < -0.4 is 5.32 Å². The first kappa shape index (κ1) is 29.3. The Hall–Kier alpha value is -1.72. The molecule has 3 aliphatic rings. The Balaban J connectivity index is 1.58. The van der Waals surface area contributed by atoms with Gasteiger partial charge in [0.2, 0.25) is 5.91 Å². The zero-order valence-electron chi connectivity index (χ0n) is 22.9. The molecule has 0 spiro atoms. The number of carbonyl (C=O) groups excluding carboxylic acids is 2. The second kappa shape index (κ2) is 11.4. The van der Waals surface area contributed by atoms with E-state index in [1.54, 1.807) is 19.2 Å². The molecular weight excluding hydrogens is 511 g/mol. The van der Waals surface area contributed by atoms with Crippen molar-refractivity contribution in [3.8, 4) is 0 Å². The summed E-state index contributed by atoms with van der Waals surface area (Å²) in [6.45, 7) is 9.50.